The van der Waals surface area contributed by atoms with Gasteiger partial charge in [-0.05, 0) is 25.3 Å². The molecule has 0 spiro atoms. The van der Waals surface area contributed by atoms with Crippen LogP contribution in [0.1, 0.15) is 24.8 Å². The maximum atomic E-state index is 8.74. The highest BCUT2D eigenvalue weighted by atomic mass is 16.3. The molecule has 1 aromatic heterocycles. The molecule has 1 aromatic rings. The normalized spacial score (nSPS) is 16.6. The van der Waals surface area contributed by atoms with Crippen LogP contribution in [0.2, 0.25) is 0 Å². The van der Waals surface area contributed by atoms with Crippen molar-refractivity contribution in [3.63, 3.8) is 0 Å². The van der Waals surface area contributed by atoms with Crippen LogP contribution in [0.15, 0.2) is 12.4 Å². The Hall–Kier alpha value is -0.870. The molecule has 2 rings (SSSR count). The molecular weight excluding hydrogens is 190 g/mol. The van der Waals surface area contributed by atoms with Crippen molar-refractivity contribution in [3.05, 3.63) is 18.0 Å². The summed E-state index contributed by atoms with van der Waals surface area (Å²) in [5.74, 6) is 0.900. The summed E-state index contributed by atoms with van der Waals surface area (Å²) in [5.41, 5.74) is 1.20. The lowest BCUT2D eigenvalue weighted by Gasteiger charge is -2.25. The molecule has 0 atom stereocenters. The highest BCUT2D eigenvalue weighted by molar-refractivity contribution is 5.03. The Bertz CT molecular complexity index is 294. The molecule has 1 fully saturated rings. The lowest BCUT2D eigenvalue weighted by atomic mass is 9.85. The summed E-state index contributed by atoms with van der Waals surface area (Å²) in [4.78, 5) is 0. The van der Waals surface area contributed by atoms with Gasteiger partial charge < -0.3 is 10.4 Å². The van der Waals surface area contributed by atoms with Crippen molar-refractivity contribution in [2.24, 2.45) is 5.92 Å². The Labute approximate surface area is 90.3 Å². The number of aliphatic hydroxyl groups is 1. The minimum Gasteiger partial charge on any atom is -0.394 e. The molecule has 1 aliphatic carbocycles. The number of rotatable bonds is 6. The van der Waals surface area contributed by atoms with E-state index < -0.39 is 0 Å². The van der Waals surface area contributed by atoms with Crippen molar-refractivity contribution in [2.45, 2.75) is 32.4 Å². The summed E-state index contributed by atoms with van der Waals surface area (Å²) >= 11 is 0. The first-order valence-corrected chi connectivity index (χ1v) is 5.71. The third-order valence-electron chi connectivity index (χ3n) is 3.00. The second kappa shape index (κ2) is 5.28. The van der Waals surface area contributed by atoms with Crippen LogP contribution in [-0.2, 0) is 13.1 Å². The summed E-state index contributed by atoms with van der Waals surface area (Å²) in [6.45, 7) is 2.76. The van der Waals surface area contributed by atoms with E-state index >= 15 is 0 Å². The number of nitrogens with one attached hydrogen (secondary N) is 1. The molecule has 4 nitrogen and oxygen atoms in total. The number of nitrogens with zero attached hydrogens (tertiary/aromatic N) is 2. The van der Waals surface area contributed by atoms with Gasteiger partial charge in [0.05, 0.1) is 19.3 Å². The SMILES string of the molecule is OCCn1cc(CNCC2CCC2)cn1. The van der Waals surface area contributed by atoms with E-state index in [1.54, 1.807) is 4.68 Å². The predicted octanol–water partition coefficient (Wildman–Crippen LogP) is 0.765. The number of hydrogen-bond donors (Lipinski definition) is 2. The molecule has 0 unspecified atom stereocenters. The van der Waals surface area contributed by atoms with E-state index in [1.165, 1.54) is 24.8 Å². The molecule has 0 aromatic carbocycles. The van der Waals surface area contributed by atoms with Gasteiger partial charge in [0.25, 0.3) is 0 Å². The molecule has 0 aliphatic heterocycles. The van der Waals surface area contributed by atoms with Crippen LogP contribution < -0.4 is 5.32 Å². The van der Waals surface area contributed by atoms with E-state index in [0.29, 0.717) is 6.54 Å². The van der Waals surface area contributed by atoms with Gasteiger partial charge in [-0.3, -0.25) is 4.68 Å². The van der Waals surface area contributed by atoms with Gasteiger partial charge in [-0.15, -0.1) is 0 Å². The minimum absolute atomic E-state index is 0.149. The molecule has 2 N–H and O–H groups in total. The Balaban J connectivity index is 1.67. The van der Waals surface area contributed by atoms with Crippen molar-refractivity contribution in [3.8, 4) is 0 Å². The molecule has 0 amide bonds. The fourth-order valence-corrected chi connectivity index (χ4v) is 1.84. The molecule has 84 valence electrons. The topological polar surface area (TPSA) is 50.1 Å². The van der Waals surface area contributed by atoms with Gasteiger partial charge >= 0.3 is 0 Å². The van der Waals surface area contributed by atoms with Crippen LogP contribution in [0.5, 0.6) is 0 Å². The Morgan fingerprint density at radius 2 is 2.40 bits per heavy atom. The van der Waals surface area contributed by atoms with E-state index in [-0.39, 0.29) is 6.61 Å². The quantitative estimate of drug-likeness (QED) is 0.727. The van der Waals surface area contributed by atoms with Crippen LogP contribution in [-0.4, -0.2) is 28.0 Å². The number of aliphatic hydroxyl groups excluding tert-OH is 1. The summed E-state index contributed by atoms with van der Waals surface area (Å²) in [6.07, 6.45) is 8.03. The molecule has 4 heteroatoms. The fourth-order valence-electron chi connectivity index (χ4n) is 1.84. The number of aromatic nitrogens is 2. The van der Waals surface area contributed by atoms with Crippen LogP contribution in [0.4, 0.5) is 0 Å². The second-order valence-electron chi connectivity index (χ2n) is 4.26. The van der Waals surface area contributed by atoms with Crippen LogP contribution in [0.25, 0.3) is 0 Å². The van der Waals surface area contributed by atoms with Crippen molar-refractivity contribution >= 4 is 0 Å². The Kier molecular flexibility index (Phi) is 3.75. The third-order valence-corrected chi connectivity index (χ3v) is 3.00. The van der Waals surface area contributed by atoms with Crippen LogP contribution >= 0.6 is 0 Å². The summed E-state index contributed by atoms with van der Waals surface area (Å²) in [7, 11) is 0. The van der Waals surface area contributed by atoms with E-state index in [9.17, 15) is 0 Å². The summed E-state index contributed by atoms with van der Waals surface area (Å²) < 4.78 is 1.78. The van der Waals surface area contributed by atoms with Gasteiger partial charge in [0.1, 0.15) is 0 Å². The largest absolute Gasteiger partial charge is 0.394 e. The van der Waals surface area contributed by atoms with Crippen molar-refractivity contribution < 1.29 is 5.11 Å². The van der Waals surface area contributed by atoms with Gasteiger partial charge in [0.15, 0.2) is 0 Å². The second-order valence-corrected chi connectivity index (χ2v) is 4.26. The van der Waals surface area contributed by atoms with Gasteiger partial charge in [-0.1, -0.05) is 6.42 Å². The van der Waals surface area contributed by atoms with Crippen molar-refractivity contribution in [1.29, 1.82) is 0 Å². The van der Waals surface area contributed by atoms with Crippen molar-refractivity contribution in [2.75, 3.05) is 13.2 Å². The molecule has 0 saturated heterocycles. The third kappa shape index (κ3) is 3.04. The summed E-state index contributed by atoms with van der Waals surface area (Å²) in [6, 6.07) is 0. The minimum atomic E-state index is 0.149. The van der Waals surface area contributed by atoms with Crippen molar-refractivity contribution in [1.82, 2.24) is 15.1 Å². The zero-order valence-electron chi connectivity index (χ0n) is 9.02. The highest BCUT2D eigenvalue weighted by Crippen LogP contribution is 2.25. The summed E-state index contributed by atoms with van der Waals surface area (Å²) in [5, 5.41) is 16.3. The molecule has 15 heavy (non-hydrogen) atoms. The average Bonchev–Trinajstić information content (AvgIpc) is 2.58. The molecule has 1 heterocycles. The molecular formula is C11H19N3O. The molecule has 1 aliphatic rings. The Morgan fingerprint density at radius 3 is 3.07 bits per heavy atom. The van der Waals surface area contributed by atoms with Gasteiger partial charge in [0, 0.05) is 18.3 Å². The first-order chi connectivity index (χ1) is 7.38. The first-order valence-electron chi connectivity index (χ1n) is 5.71. The van der Waals surface area contributed by atoms with Crippen LogP contribution in [0, 0.1) is 5.92 Å². The molecule has 0 bridgehead atoms. The molecule has 0 radical (unpaired) electrons. The predicted molar refractivity (Wildman–Crippen MR) is 58.4 cm³/mol. The van der Waals surface area contributed by atoms with E-state index in [4.69, 9.17) is 5.11 Å². The zero-order chi connectivity index (χ0) is 10.5. The number of hydrogen-bond acceptors (Lipinski definition) is 3. The lowest BCUT2D eigenvalue weighted by molar-refractivity contribution is 0.269. The standard InChI is InChI=1S/C11H19N3O/c15-5-4-14-9-11(8-13-14)7-12-6-10-2-1-3-10/h8-10,12,15H,1-7H2. The zero-order valence-corrected chi connectivity index (χ0v) is 9.02. The smallest absolute Gasteiger partial charge is 0.0640 e. The van der Waals surface area contributed by atoms with E-state index in [0.717, 1.165) is 19.0 Å². The van der Waals surface area contributed by atoms with Gasteiger partial charge in [-0.25, -0.2) is 0 Å². The van der Waals surface area contributed by atoms with E-state index in [2.05, 4.69) is 10.4 Å². The lowest BCUT2D eigenvalue weighted by Crippen LogP contribution is -2.26. The maximum absolute atomic E-state index is 8.74. The maximum Gasteiger partial charge on any atom is 0.0640 e. The average molecular weight is 209 g/mol. The molecule has 1 saturated carbocycles. The first kappa shape index (κ1) is 10.6. The van der Waals surface area contributed by atoms with Gasteiger partial charge in [-0.2, -0.15) is 5.10 Å². The fraction of sp³-hybridized carbons (Fsp3) is 0.727. The monoisotopic (exact) mass is 209 g/mol. The highest BCUT2D eigenvalue weighted by Gasteiger charge is 2.16. The van der Waals surface area contributed by atoms with E-state index in [1.807, 2.05) is 12.4 Å². The Morgan fingerprint density at radius 1 is 1.53 bits per heavy atom. The van der Waals surface area contributed by atoms with Gasteiger partial charge in [0.2, 0.25) is 0 Å². The van der Waals surface area contributed by atoms with Crippen LogP contribution in [0.3, 0.4) is 0 Å².